The van der Waals surface area contributed by atoms with E-state index in [0.717, 1.165) is 67.5 Å². The average Bonchev–Trinajstić information content (AvgIpc) is 3.08. The molecular formula is C40H42O5. The highest BCUT2D eigenvalue weighted by Gasteiger charge is 2.15. The second-order valence-corrected chi connectivity index (χ2v) is 10.2. The van der Waals surface area contributed by atoms with Crippen LogP contribution in [0.3, 0.4) is 0 Å². The lowest BCUT2D eigenvalue weighted by atomic mass is 9.98. The molecule has 4 aromatic rings. The summed E-state index contributed by atoms with van der Waals surface area (Å²) in [6.07, 6.45) is 8.51. The van der Waals surface area contributed by atoms with Crippen molar-refractivity contribution in [2.24, 2.45) is 0 Å². The summed E-state index contributed by atoms with van der Waals surface area (Å²) in [5.74, 6) is 3.21. The molecule has 0 aliphatic heterocycles. The molecule has 5 nitrogen and oxygen atoms in total. The molecule has 0 bridgehead atoms. The van der Waals surface area contributed by atoms with Crippen LogP contribution >= 0.6 is 0 Å². The van der Waals surface area contributed by atoms with Crippen molar-refractivity contribution in [3.05, 3.63) is 144 Å². The van der Waals surface area contributed by atoms with E-state index in [1.54, 1.807) is 26.4 Å². The Morgan fingerprint density at radius 2 is 0.756 bits per heavy atom. The van der Waals surface area contributed by atoms with Gasteiger partial charge in [-0.2, -0.15) is 0 Å². The molecule has 0 saturated carbocycles. The number of benzene rings is 4. The minimum absolute atomic E-state index is 0.385. The molecule has 0 fully saturated rings. The smallest absolute Gasteiger partial charge is 0.130 e. The molecule has 0 spiro atoms. The summed E-state index contributed by atoms with van der Waals surface area (Å²) in [5.41, 5.74) is 7.96. The van der Waals surface area contributed by atoms with Gasteiger partial charge in [0.15, 0.2) is 0 Å². The highest BCUT2D eigenvalue weighted by atomic mass is 16.5. The third-order valence-electron chi connectivity index (χ3n) is 7.51. The van der Waals surface area contributed by atoms with Crippen molar-refractivity contribution in [1.82, 2.24) is 0 Å². The summed E-state index contributed by atoms with van der Waals surface area (Å²) < 4.78 is 29.8. The van der Waals surface area contributed by atoms with Crippen LogP contribution in [0.25, 0.3) is 24.3 Å². The Labute approximate surface area is 267 Å². The van der Waals surface area contributed by atoms with Crippen molar-refractivity contribution in [3.63, 3.8) is 0 Å². The van der Waals surface area contributed by atoms with Crippen LogP contribution in [0.5, 0.6) is 23.0 Å². The highest BCUT2D eigenvalue weighted by molar-refractivity contribution is 5.64. The third-order valence-corrected chi connectivity index (χ3v) is 7.51. The topological polar surface area (TPSA) is 46.2 Å². The molecule has 0 aromatic heterocycles. The number of para-hydroxylation sites is 4. The Morgan fingerprint density at radius 3 is 1.07 bits per heavy atom. The maximum absolute atomic E-state index is 6.26. The lowest BCUT2D eigenvalue weighted by molar-refractivity contribution is 0.0759. The van der Waals surface area contributed by atoms with Gasteiger partial charge in [-0.15, -0.1) is 0 Å². The predicted molar refractivity (Wildman–Crippen MR) is 187 cm³/mol. The van der Waals surface area contributed by atoms with Crippen LogP contribution in [-0.2, 0) is 17.6 Å². The Balaban J connectivity index is 1.36. The first-order chi connectivity index (χ1) is 22.1. The molecule has 0 aliphatic carbocycles. The van der Waals surface area contributed by atoms with E-state index in [1.165, 1.54) is 0 Å². The fraction of sp³-hybridized carbons (Fsp3) is 0.200. The molecule has 0 saturated heterocycles. The van der Waals surface area contributed by atoms with Gasteiger partial charge in [-0.1, -0.05) is 123 Å². The minimum Gasteiger partial charge on any atom is -0.496 e. The summed E-state index contributed by atoms with van der Waals surface area (Å²) in [6.45, 7) is 17.4. The monoisotopic (exact) mass is 602 g/mol. The third kappa shape index (κ3) is 8.14. The van der Waals surface area contributed by atoms with Gasteiger partial charge in [0, 0.05) is 35.1 Å². The van der Waals surface area contributed by atoms with Gasteiger partial charge < -0.3 is 23.7 Å². The van der Waals surface area contributed by atoms with Crippen LogP contribution in [-0.4, -0.2) is 40.6 Å². The van der Waals surface area contributed by atoms with E-state index >= 15 is 0 Å². The van der Waals surface area contributed by atoms with Gasteiger partial charge >= 0.3 is 0 Å². The van der Waals surface area contributed by atoms with Gasteiger partial charge in [0.1, 0.15) is 36.2 Å². The molecule has 5 heteroatoms. The highest BCUT2D eigenvalue weighted by Crippen LogP contribution is 2.34. The van der Waals surface area contributed by atoms with Gasteiger partial charge in [0.25, 0.3) is 0 Å². The molecule has 0 N–H and O–H groups in total. The van der Waals surface area contributed by atoms with Crippen molar-refractivity contribution in [2.75, 3.05) is 40.6 Å². The summed E-state index contributed by atoms with van der Waals surface area (Å²) in [6, 6.07) is 24.3. The fourth-order valence-electron chi connectivity index (χ4n) is 5.39. The quantitative estimate of drug-likeness (QED) is 0.106. The number of hydrogen-bond acceptors (Lipinski definition) is 5. The molecule has 0 atom stereocenters. The van der Waals surface area contributed by atoms with E-state index in [4.69, 9.17) is 23.7 Å². The summed E-state index contributed by atoms with van der Waals surface area (Å²) in [5, 5.41) is 0. The first kappa shape index (κ1) is 32.9. The standard InChI is InChI=1S/C40H42O5/c1-7-29-15-11-19-33(37(29)41-5)27-35-21-13-17-31(9-3)39(35)44-25-23-43-24-26-45-40-32(10-4)18-14-22-36(40)28-34-20-12-16-30(8-2)38(34)42-6/h7-22H,1-4,23-28H2,5-6H3. The maximum atomic E-state index is 6.26. The molecule has 0 heterocycles. The molecular weight excluding hydrogens is 560 g/mol. The van der Waals surface area contributed by atoms with Crippen LogP contribution in [0.15, 0.2) is 99.1 Å². The van der Waals surface area contributed by atoms with Crippen LogP contribution < -0.4 is 18.9 Å². The number of hydrogen-bond donors (Lipinski definition) is 0. The zero-order valence-electron chi connectivity index (χ0n) is 26.3. The van der Waals surface area contributed by atoms with Crippen molar-refractivity contribution >= 4 is 24.3 Å². The van der Waals surface area contributed by atoms with Crippen LogP contribution in [0.1, 0.15) is 44.5 Å². The van der Waals surface area contributed by atoms with E-state index in [0.29, 0.717) is 39.3 Å². The molecule has 0 radical (unpaired) electrons. The average molecular weight is 603 g/mol. The largest absolute Gasteiger partial charge is 0.496 e. The predicted octanol–water partition coefficient (Wildman–Crippen LogP) is 8.93. The first-order valence-electron chi connectivity index (χ1n) is 15.0. The van der Waals surface area contributed by atoms with Crippen molar-refractivity contribution < 1.29 is 23.7 Å². The van der Waals surface area contributed by atoms with Gasteiger partial charge in [-0.3, -0.25) is 0 Å². The Bertz CT molecular complexity index is 1510. The summed E-state index contributed by atoms with van der Waals surface area (Å²) in [4.78, 5) is 0. The number of methoxy groups -OCH3 is 2. The van der Waals surface area contributed by atoms with Gasteiger partial charge in [0.05, 0.1) is 27.4 Å². The van der Waals surface area contributed by atoms with E-state index in [2.05, 4.69) is 50.6 Å². The van der Waals surface area contributed by atoms with Crippen LogP contribution in [0, 0.1) is 0 Å². The van der Waals surface area contributed by atoms with Crippen LogP contribution in [0.4, 0.5) is 0 Å². The normalized spacial score (nSPS) is 10.5. The Hall–Kier alpha value is -5.00. The molecule has 45 heavy (non-hydrogen) atoms. The Kier molecular flexibility index (Phi) is 12.2. The second kappa shape index (κ2) is 16.7. The minimum atomic E-state index is 0.385. The maximum Gasteiger partial charge on any atom is 0.130 e. The first-order valence-corrected chi connectivity index (χ1v) is 15.0. The van der Waals surface area contributed by atoms with Crippen molar-refractivity contribution in [3.8, 4) is 23.0 Å². The molecule has 232 valence electrons. The van der Waals surface area contributed by atoms with E-state index < -0.39 is 0 Å². The number of rotatable bonds is 18. The number of ether oxygens (including phenoxy) is 5. The molecule has 0 unspecified atom stereocenters. The SMILES string of the molecule is C=Cc1cccc(Cc2cccc(C=C)c2OCCOCCOc2c(C=C)cccc2Cc2cccc(C=C)c2OC)c1OC. The molecule has 0 amide bonds. The van der Waals surface area contributed by atoms with Gasteiger partial charge in [-0.25, -0.2) is 0 Å². The summed E-state index contributed by atoms with van der Waals surface area (Å²) >= 11 is 0. The zero-order valence-corrected chi connectivity index (χ0v) is 26.3. The van der Waals surface area contributed by atoms with Crippen molar-refractivity contribution in [1.29, 1.82) is 0 Å². The lowest BCUT2D eigenvalue weighted by Crippen LogP contribution is -2.14. The van der Waals surface area contributed by atoms with Gasteiger partial charge in [0.2, 0.25) is 0 Å². The fourth-order valence-corrected chi connectivity index (χ4v) is 5.39. The zero-order chi connectivity index (χ0) is 32.0. The van der Waals surface area contributed by atoms with Crippen molar-refractivity contribution in [2.45, 2.75) is 12.8 Å². The Morgan fingerprint density at radius 1 is 0.444 bits per heavy atom. The van der Waals surface area contributed by atoms with Crippen LogP contribution in [0.2, 0.25) is 0 Å². The molecule has 4 rings (SSSR count). The van der Waals surface area contributed by atoms with E-state index in [1.807, 2.05) is 60.7 Å². The summed E-state index contributed by atoms with van der Waals surface area (Å²) in [7, 11) is 3.36. The molecule has 4 aromatic carbocycles. The van der Waals surface area contributed by atoms with E-state index in [9.17, 15) is 0 Å². The van der Waals surface area contributed by atoms with Gasteiger partial charge in [-0.05, 0) is 22.3 Å². The van der Waals surface area contributed by atoms with E-state index in [-0.39, 0.29) is 0 Å². The molecule has 0 aliphatic rings. The lowest BCUT2D eigenvalue weighted by Gasteiger charge is -2.17. The second-order valence-electron chi connectivity index (χ2n) is 10.2.